The number of sulfonamides is 1. The molecule has 0 atom stereocenters. The number of hydrogen-bond donors (Lipinski definition) is 2. The van der Waals surface area contributed by atoms with Gasteiger partial charge in [-0.05, 0) is 24.1 Å². The standard InChI is InChI=1S/C16H20BrN3O4S/c1-2-3-10-25(22,23)20-15-14(12-4-6-13(17)7-5-12)16(19-11-18-15)24-9-8-21/h4-7,11,21H,2-3,8-10H2,1H3,(H,18,19,20). The molecule has 9 heteroatoms. The van der Waals surface area contributed by atoms with E-state index in [9.17, 15) is 8.42 Å². The fraction of sp³-hybridized carbons (Fsp3) is 0.375. The monoisotopic (exact) mass is 429 g/mol. The summed E-state index contributed by atoms with van der Waals surface area (Å²) in [5.74, 6) is 0.376. The first-order chi connectivity index (χ1) is 12.0. The minimum absolute atomic E-state index is 0.0140. The smallest absolute Gasteiger partial charge is 0.233 e. The van der Waals surface area contributed by atoms with E-state index < -0.39 is 10.0 Å². The molecule has 1 heterocycles. The van der Waals surface area contributed by atoms with Gasteiger partial charge in [0.05, 0.1) is 17.9 Å². The van der Waals surface area contributed by atoms with Crippen LogP contribution in [-0.4, -0.2) is 42.5 Å². The molecule has 0 amide bonds. The molecular formula is C16H20BrN3O4S. The van der Waals surface area contributed by atoms with Crippen molar-refractivity contribution in [1.82, 2.24) is 9.97 Å². The normalized spacial score (nSPS) is 11.3. The lowest BCUT2D eigenvalue weighted by molar-refractivity contribution is 0.197. The number of nitrogens with one attached hydrogen (secondary N) is 1. The van der Waals surface area contributed by atoms with Crippen LogP contribution in [0.4, 0.5) is 5.82 Å². The Kier molecular flexibility index (Phi) is 7.15. The van der Waals surface area contributed by atoms with Crippen molar-refractivity contribution >= 4 is 31.8 Å². The molecule has 7 nitrogen and oxygen atoms in total. The van der Waals surface area contributed by atoms with E-state index in [0.29, 0.717) is 17.5 Å². The Morgan fingerprint density at radius 3 is 2.60 bits per heavy atom. The zero-order chi connectivity index (χ0) is 18.3. The summed E-state index contributed by atoms with van der Waals surface area (Å²) >= 11 is 3.37. The maximum Gasteiger partial charge on any atom is 0.233 e. The fourth-order valence-corrected chi connectivity index (χ4v) is 3.59. The van der Waals surface area contributed by atoms with E-state index in [1.165, 1.54) is 6.33 Å². The van der Waals surface area contributed by atoms with Gasteiger partial charge in [0.1, 0.15) is 12.9 Å². The summed E-state index contributed by atoms with van der Waals surface area (Å²) in [4.78, 5) is 8.16. The highest BCUT2D eigenvalue weighted by molar-refractivity contribution is 9.10. The van der Waals surface area contributed by atoms with Gasteiger partial charge in [0, 0.05) is 4.47 Å². The molecule has 0 aliphatic carbocycles. The summed E-state index contributed by atoms with van der Waals surface area (Å²) in [6.07, 6.45) is 2.56. The average Bonchev–Trinajstić information content (AvgIpc) is 2.59. The number of halogens is 1. The van der Waals surface area contributed by atoms with Crippen LogP contribution in [0.15, 0.2) is 35.1 Å². The molecule has 0 aliphatic rings. The number of ether oxygens (including phenoxy) is 1. The average molecular weight is 430 g/mol. The maximum absolute atomic E-state index is 12.3. The molecule has 2 rings (SSSR count). The SMILES string of the molecule is CCCCS(=O)(=O)Nc1ncnc(OCCO)c1-c1ccc(Br)cc1. The lowest BCUT2D eigenvalue weighted by Crippen LogP contribution is -2.18. The molecule has 0 unspecified atom stereocenters. The van der Waals surface area contributed by atoms with Gasteiger partial charge in [-0.15, -0.1) is 0 Å². The van der Waals surface area contributed by atoms with Gasteiger partial charge in [0.25, 0.3) is 0 Å². The van der Waals surface area contributed by atoms with E-state index in [1.807, 2.05) is 19.1 Å². The summed E-state index contributed by atoms with van der Waals surface area (Å²) in [6.45, 7) is 1.79. The van der Waals surface area contributed by atoms with Crippen LogP contribution in [0.1, 0.15) is 19.8 Å². The maximum atomic E-state index is 12.3. The molecule has 0 bridgehead atoms. The molecule has 0 aliphatic heterocycles. The Bertz CT molecular complexity index is 798. The van der Waals surface area contributed by atoms with Crippen LogP contribution in [0.5, 0.6) is 5.88 Å². The van der Waals surface area contributed by atoms with Crippen molar-refractivity contribution in [3.8, 4) is 17.0 Å². The van der Waals surface area contributed by atoms with Crippen LogP contribution >= 0.6 is 15.9 Å². The van der Waals surface area contributed by atoms with E-state index in [4.69, 9.17) is 9.84 Å². The van der Waals surface area contributed by atoms with Crippen molar-refractivity contribution in [3.05, 3.63) is 35.1 Å². The summed E-state index contributed by atoms with van der Waals surface area (Å²) in [6, 6.07) is 7.26. The number of nitrogens with zero attached hydrogens (tertiary/aromatic N) is 2. The van der Waals surface area contributed by atoms with Crippen molar-refractivity contribution in [2.75, 3.05) is 23.7 Å². The van der Waals surface area contributed by atoms with Crippen molar-refractivity contribution in [1.29, 1.82) is 0 Å². The van der Waals surface area contributed by atoms with Crippen molar-refractivity contribution in [3.63, 3.8) is 0 Å². The van der Waals surface area contributed by atoms with Gasteiger partial charge < -0.3 is 9.84 Å². The van der Waals surface area contributed by atoms with Gasteiger partial charge in [-0.25, -0.2) is 18.4 Å². The zero-order valence-corrected chi connectivity index (χ0v) is 16.2. The van der Waals surface area contributed by atoms with Gasteiger partial charge in [-0.1, -0.05) is 41.4 Å². The number of aromatic nitrogens is 2. The first kappa shape index (κ1) is 19.6. The topological polar surface area (TPSA) is 101 Å². The van der Waals surface area contributed by atoms with Crippen molar-refractivity contribution in [2.24, 2.45) is 0 Å². The number of hydrogen-bond acceptors (Lipinski definition) is 6. The molecule has 1 aromatic carbocycles. The second-order valence-electron chi connectivity index (χ2n) is 5.26. The molecular weight excluding hydrogens is 410 g/mol. The quantitative estimate of drug-likeness (QED) is 0.635. The summed E-state index contributed by atoms with van der Waals surface area (Å²) in [7, 11) is -3.53. The minimum atomic E-state index is -3.53. The van der Waals surface area contributed by atoms with E-state index in [2.05, 4.69) is 30.6 Å². The van der Waals surface area contributed by atoms with Gasteiger partial charge in [-0.2, -0.15) is 0 Å². The molecule has 0 fully saturated rings. The van der Waals surface area contributed by atoms with Crippen LogP contribution in [-0.2, 0) is 10.0 Å². The number of anilines is 1. The van der Waals surface area contributed by atoms with Crippen molar-refractivity contribution in [2.45, 2.75) is 19.8 Å². The largest absolute Gasteiger partial charge is 0.475 e. The van der Waals surface area contributed by atoms with E-state index in [1.54, 1.807) is 12.1 Å². The lowest BCUT2D eigenvalue weighted by Gasteiger charge is -2.15. The molecule has 25 heavy (non-hydrogen) atoms. The molecule has 1 aromatic heterocycles. The number of unbranched alkanes of at least 4 members (excludes halogenated alkanes) is 1. The van der Waals surface area contributed by atoms with E-state index in [0.717, 1.165) is 10.9 Å². The summed E-state index contributed by atoms with van der Waals surface area (Å²) < 4.78 is 33.4. The predicted molar refractivity (Wildman–Crippen MR) is 100 cm³/mol. The van der Waals surface area contributed by atoms with Gasteiger partial charge in [0.15, 0.2) is 5.82 Å². The number of aliphatic hydroxyl groups is 1. The second kappa shape index (κ2) is 9.12. The molecule has 2 N–H and O–H groups in total. The summed E-state index contributed by atoms with van der Waals surface area (Å²) in [5.41, 5.74) is 1.13. The Balaban J connectivity index is 2.46. The lowest BCUT2D eigenvalue weighted by atomic mass is 10.1. The summed E-state index contributed by atoms with van der Waals surface area (Å²) in [5, 5.41) is 8.99. The third-order valence-electron chi connectivity index (χ3n) is 3.29. The van der Waals surface area contributed by atoms with Crippen LogP contribution < -0.4 is 9.46 Å². The van der Waals surface area contributed by atoms with Crippen LogP contribution in [0, 0.1) is 0 Å². The highest BCUT2D eigenvalue weighted by Gasteiger charge is 2.19. The van der Waals surface area contributed by atoms with Crippen LogP contribution in [0.25, 0.3) is 11.1 Å². The molecule has 0 spiro atoms. The fourth-order valence-electron chi connectivity index (χ4n) is 2.11. The van der Waals surface area contributed by atoms with E-state index in [-0.39, 0.29) is 30.7 Å². The number of aliphatic hydroxyl groups excluding tert-OH is 1. The Morgan fingerprint density at radius 2 is 1.96 bits per heavy atom. The minimum Gasteiger partial charge on any atom is -0.475 e. The van der Waals surface area contributed by atoms with Gasteiger partial charge in [0.2, 0.25) is 15.9 Å². The number of benzene rings is 1. The first-order valence-electron chi connectivity index (χ1n) is 7.82. The third-order valence-corrected chi connectivity index (χ3v) is 5.15. The molecule has 0 saturated heterocycles. The Hall–Kier alpha value is -1.71. The molecule has 136 valence electrons. The highest BCUT2D eigenvalue weighted by Crippen LogP contribution is 2.35. The van der Waals surface area contributed by atoms with E-state index >= 15 is 0 Å². The molecule has 0 saturated carbocycles. The predicted octanol–water partition coefficient (Wildman–Crippen LogP) is 2.82. The zero-order valence-electron chi connectivity index (χ0n) is 13.8. The first-order valence-corrected chi connectivity index (χ1v) is 10.3. The van der Waals surface area contributed by atoms with Crippen molar-refractivity contribution < 1.29 is 18.3 Å². The number of rotatable bonds is 9. The third kappa shape index (κ3) is 5.65. The Morgan fingerprint density at radius 1 is 1.24 bits per heavy atom. The Labute approximate surface area is 155 Å². The molecule has 2 aromatic rings. The second-order valence-corrected chi connectivity index (χ2v) is 8.01. The van der Waals surface area contributed by atoms with Gasteiger partial charge in [-0.3, -0.25) is 4.72 Å². The molecule has 0 radical (unpaired) electrons. The highest BCUT2D eigenvalue weighted by atomic mass is 79.9. The van der Waals surface area contributed by atoms with Crippen LogP contribution in [0.2, 0.25) is 0 Å². The van der Waals surface area contributed by atoms with Crippen LogP contribution in [0.3, 0.4) is 0 Å². The van der Waals surface area contributed by atoms with Gasteiger partial charge >= 0.3 is 0 Å².